The molecule has 1 aliphatic heterocycles. The Morgan fingerprint density at radius 3 is 2.33 bits per heavy atom. The highest BCUT2D eigenvalue weighted by Gasteiger charge is 2.41. The predicted octanol–water partition coefficient (Wildman–Crippen LogP) is 6.01. The summed E-state index contributed by atoms with van der Waals surface area (Å²) in [5.41, 5.74) is 1.05. The Labute approximate surface area is 241 Å². The number of esters is 1. The minimum atomic E-state index is -4.66. The molecule has 2 unspecified atom stereocenters. The van der Waals surface area contributed by atoms with Gasteiger partial charge in [0.15, 0.2) is 0 Å². The molecule has 2 atom stereocenters. The van der Waals surface area contributed by atoms with Crippen LogP contribution in [0.25, 0.3) is 0 Å². The van der Waals surface area contributed by atoms with Gasteiger partial charge in [0, 0.05) is 17.2 Å². The first-order chi connectivity index (χ1) is 20.0. The highest BCUT2D eigenvalue weighted by atomic mass is 19.4. The molecule has 0 saturated heterocycles. The van der Waals surface area contributed by atoms with E-state index in [2.05, 4.69) is 0 Å². The third kappa shape index (κ3) is 6.30. The molecule has 8 nitrogen and oxygen atoms in total. The molecule has 1 aliphatic rings. The largest absolute Gasteiger partial charge is 0.497 e. The van der Waals surface area contributed by atoms with Gasteiger partial charge in [-0.3, -0.25) is 9.59 Å². The summed E-state index contributed by atoms with van der Waals surface area (Å²) in [5.74, 6) is 0.112. The maximum atomic E-state index is 14.1. The fraction of sp³-hybridized carbons (Fsp3) is 0.355. The average Bonchev–Trinajstić information content (AvgIpc) is 3.07. The van der Waals surface area contributed by atoms with Crippen LogP contribution in [0.1, 0.15) is 47.3 Å². The summed E-state index contributed by atoms with van der Waals surface area (Å²) in [6, 6.07) is 13.3. The molecule has 0 N–H and O–H groups in total. The fourth-order valence-electron chi connectivity index (χ4n) is 4.98. The van der Waals surface area contributed by atoms with E-state index >= 15 is 0 Å². The minimum absolute atomic E-state index is 0.0834. The topological polar surface area (TPSA) is 83.5 Å². The molecule has 1 amide bonds. The zero-order chi connectivity index (χ0) is 30.6. The van der Waals surface area contributed by atoms with Crippen LogP contribution in [0.4, 0.5) is 18.9 Å². The molecule has 0 aliphatic carbocycles. The van der Waals surface area contributed by atoms with Gasteiger partial charge >= 0.3 is 12.1 Å². The third-order valence-electron chi connectivity index (χ3n) is 7.08. The Morgan fingerprint density at radius 1 is 0.952 bits per heavy atom. The first-order valence-electron chi connectivity index (χ1n) is 13.2. The summed E-state index contributed by atoms with van der Waals surface area (Å²) in [5, 5.41) is 0. The molecular weight excluding hydrogens is 555 g/mol. The second kappa shape index (κ2) is 12.7. The van der Waals surface area contributed by atoms with Crippen molar-refractivity contribution in [3.8, 4) is 17.2 Å². The van der Waals surface area contributed by atoms with E-state index in [1.165, 1.54) is 32.3 Å². The van der Waals surface area contributed by atoms with E-state index in [1.807, 2.05) is 0 Å². The van der Waals surface area contributed by atoms with Crippen LogP contribution in [-0.4, -0.2) is 45.9 Å². The van der Waals surface area contributed by atoms with Crippen molar-refractivity contribution in [3.05, 3.63) is 82.4 Å². The number of methoxy groups -OCH3 is 3. The van der Waals surface area contributed by atoms with Gasteiger partial charge in [-0.1, -0.05) is 12.1 Å². The number of alkyl halides is 3. The number of rotatable bonds is 9. The van der Waals surface area contributed by atoms with Crippen LogP contribution >= 0.6 is 0 Å². The molecule has 3 aromatic rings. The number of nitrogens with zero attached hydrogens (tertiary/aromatic N) is 1. The van der Waals surface area contributed by atoms with Gasteiger partial charge in [0.1, 0.15) is 29.5 Å². The number of amides is 1. The lowest BCUT2D eigenvalue weighted by Gasteiger charge is -2.26. The van der Waals surface area contributed by atoms with Gasteiger partial charge in [-0.2, -0.15) is 13.2 Å². The number of carbonyl (C=O) groups excluding carboxylic acids is 2. The van der Waals surface area contributed by atoms with E-state index in [0.29, 0.717) is 33.9 Å². The van der Waals surface area contributed by atoms with Gasteiger partial charge in [0.25, 0.3) is 5.91 Å². The Morgan fingerprint density at radius 2 is 1.69 bits per heavy atom. The lowest BCUT2D eigenvalue weighted by atomic mass is 9.93. The molecule has 0 spiro atoms. The van der Waals surface area contributed by atoms with E-state index in [0.717, 1.165) is 12.1 Å². The third-order valence-corrected chi connectivity index (χ3v) is 7.08. The highest BCUT2D eigenvalue weighted by molar-refractivity contribution is 6.00. The van der Waals surface area contributed by atoms with Crippen LogP contribution < -0.4 is 19.1 Å². The van der Waals surface area contributed by atoms with Gasteiger partial charge in [-0.05, 0) is 61.4 Å². The molecule has 0 saturated carbocycles. The molecule has 224 valence electrons. The lowest BCUT2D eigenvalue weighted by molar-refractivity contribution is -0.151. The Balaban J connectivity index is 1.95. The van der Waals surface area contributed by atoms with E-state index < -0.39 is 42.2 Å². The van der Waals surface area contributed by atoms with Crippen molar-refractivity contribution in [2.24, 2.45) is 0 Å². The standard InChI is InChI=1S/C31H32F3NO7/c1-6-41-28(36)16-27-30(37)35(17-19-10-12-21(38-3)15-26(19)40-5)24-13-11-20(31(32,33)34)14-23(24)29(42-27)22-8-7-9-25(39-4)18(22)2/h7-15,27,29H,6,16-17H2,1-5H3. The Bertz CT molecular complexity index is 1460. The van der Waals surface area contributed by atoms with Crippen molar-refractivity contribution in [2.75, 3.05) is 32.8 Å². The van der Waals surface area contributed by atoms with Gasteiger partial charge in [0.05, 0.1) is 52.2 Å². The zero-order valence-corrected chi connectivity index (χ0v) is 23.9. The highest BCUT2D eigenvalue weighted by Crippen LogP contribution is 2.44. The monoisotopic (exact) mass is 587 g/mol. The first-order valence-corrected chi connectivity index (χ1v) is 13.2. The summed E-state index contributed by atoms with van der Waals surface area (Å²) < 4.78 is 69.6. The molecular formula is C31H32F3NO7. The number of benzene rings is 3. The SMILES string of the molecule is CCOC(=O)CC1OC(c2cccc(OC)c2C)c2cc(C(F)(F)F)ccc2N(Cc2ccc(OC)cc2OC)C1=O. The van der Waals surface area contributed by atoms with Crippen molar-refractivity contribution >= 4 is 17.6 Å². The first kappa shape index (κ1) is 30.7. The number of carbonyl (C=O) groups is 2. The maximum absolute atomic E-state index is 14.1. The van der Waals surface area contributed by atoms with Crippen LogP contribution in [0.2, 0.25) is 0 Å². The summed E-state index contributed by atoms with van der Waals surface area (Å²) in [4.78, 5) is 28.0. The molecule has 1 heterocycles. The number of anilines is 1. The predicted molar refractivity (Wildman–Crippen MR) is 148 cm³/mol. The molecule has 0 aromatic heterocycles. The van der Waals surface area contributed by atoms with E-state index in [1.54, 1.807) is 50.2 Å². The quantitative estimate of drug-likeness (QED) is 0.284. The van der Waals surface area contributed by atoms with Crippen LogP contribution in [0, 0.1) is 6.92 Å². The number of ether oxygens (including phenoxy) is 5. The lowest BCUT2D eigenvalue weighted by Crippen LogP contribution is -2.40. The molecule has 11 heteroatoms. The smallest absolute Gasteiger partial charge is 0.416 e. The summed E-state index contributed by atoms with van der Waals surface area (Å²) >= 11 is 0. The van der Waals surface area contributed by atoms with Crippen LogP contribution in [-0.2, 0) is 31.8 Å². The number of fused-ring (bicyclic) bond motifs is 1. The molecule has 42 heavy (non-hydrogen) atoms. The van der Waals surface area contributed by atoms with Gasteiger partial charge in [-0.15, -0.1) is 0 Å². The zero-order valence-electron chi connectivity index (χ0n) is 23.9. The number of hydrogen-bond acceptors (Lipinski definition) is 7. The summed E-state index contributed by atoms with van der Waals surface area (Å²) in [6.45, 7) is 3.38. The molecule has 0 radical (unpaired) electrons. The van der Waals surface area contributed by atoms with Gasteiger partial charge in [-0.25, -0.2) is 0 Å². The van der Waals surface area contributed by atoms with Crippen LogP contribution in [0.5, 0.6) is 17.2 Å². The Hall–Kier alpha value is -4.25. The molecule has 3 aromatic carbocycles. The van der Waals surface area contributed by atoms with Crippen molar-refractivity contribution in [1.82, 2.24) is 0 Å². The number of hydrogen-bond donors (Lipinski definition) is 0. The number of halogens is 3. The summed E-state index contributed by atoms with van der Waals surface area (Å²) in [6.07, 6.45) is -7.62. The minimum Gasteiger partial charge on any atom is -0.497 e. The van der Waals surface area contributed by atoms with Gasteiger partial charge < -0.3 is 28.6 Å². The molecule has 0 bridgehead atoms. The van der Waals surface area contributed by atoms with Gasteiger partial charge in [0.2, 0.25) is 0 Å². The fourth-order valence-corrected chi connectivity index (χ4v) is 4.98. The average molecular weight is 588 g/mol. The van der Waals surface area contributed by atoms with Crippen LogP contribution in [0.15, 0.2) is 54.6 Å². The van der Waals surface area contributed by atoms with E-state index in [9.17, 15) is 22.8 Å². The van der Waals surface area contributed by atoms with Crippen molar-refractivity contribution in [2.45, 2.75) is 45.2 Å². The maximum Gasteiger partial charge on any atom is 0.416 e. The Kier molecular flexibility index (Phi) is 9.30. The normalized spacial score (nSPS) is 16.9. The van der Waals surface area contributed by atoms with E-state index in [-0.39, 0.29) is 24.4 Å². The summed E-state index contributed by atoms with van der Waals surface area (Å²) in [7, 11) is 4.44. The van der Waals surface area contributed by atoms with Crippen LogP contribution in [0.3, 0.4) is 0 Å². The van der Waals surface area contributed by atoms with Crippen molar-refractivity contribution in [3.63, 3.8) is 0 Å². The molecule has 4 rings (SSSR count). The molecule has 0 fully saturated rings. The second-order valence-electron chi connectivity index (χ2n) is 9.56. The van der Waals surface area contributed by atoms with E-state index in [4.69, 9.17) is 23.7 Å². The van der Waals surface area contributed by atoms with Crippen molar-refractivity contribution in [1.29, 1.82) is 0 Å². The second-order valence-corrected chi connectivity index (χ2v) is 9.56. The van der Waals surface area contributed by atoms with Crippen molar-refractivity contribution < 1.29 is 46.4 Å².